The van der Waals surface area contributed by atoms with Gasteiger partial charge in [-0.3, -0.25) is 4.79 Å². The number of carbonyl (C=O) groups excluding carboxylic acids is 1. The molecule has 0 saturated carbocycles. The van der Waals surface area contributed by atoms with E-state index >= 15 is 0 Å². The summed E-state index contributed by atoms with van der Waals surface area (Å²) in [6.45, 7) is 0. The molecule has 1 N–H and O–H groups in total. The summed E-state index contributed by atoms with van der Waals surface area (Å²) in [5.41, 5.74) is 5.23. The number of para-hydroxylation sites is 1. The van der Waals surface area contributed by atoms with Crippen molar-refractivity contribution in [2.45, 2.75) is 12.8 Å². The summed E-state index contributed by atoms with van der Waals surface area (Å²) in [6, 6.07) is 14.0. The van der Waals surface area contributed by atoms with E-state index < -0.39 is 0 Å². The third kappa shape index (κ3) is 2.24. The quantitative estimate of drug-likeness (QED) is 0.662. The van der Waals surface area contributed by atoms with Crippen LogP contribution >= 0.6 is 11.6 Å². The van der Waals surface area contributed by atoms with Crippen molar-refractivity contribution in [2.75, 3.05) is 11.2 Å². The standard InChI is InChI=1S/C16H14ClNO/c17-10-16(19)13-5-3-7-15-12(13)9-8-11-4-1-2-6-14(11)18-15/h1-7,18H,8-10H2. The molecule has 3 heteroatoms. The number of carbonyl (C=O) groups is 1. The third-order valence-corrected chi connectivity index (χ3v) is 3.77. The minimum absolute atomic E-state index is 0.00808. The first kappa shape index (κ1) is 12.2. The molecule has 0 amide bonds. The first-order chi connectivity index (χ1) is 9.29. The molecule has 1 aliphatic heterocycles. The van der Waals surface area contributed by atoms with E-state index in [2.05, 4.69) is 17.4 Å². The highest BCUT2D eigenvalue weighted by atomic mass is 35.5. The number of benzene rings is 2. The SMILES string of the molecule is O=C(CCl)c1cccc2c1CCc1ccccc1N2. The number of halogens is 1. The van der Waals surface area contributed by atoms with E-state index in [4.69, 9.17) is 11.6 Å². The van der Waals surface area contributed by atoms with Crippen LogP contribution in [0.2, 0.25) is 0 Å². The van der Waals surface area contributed by atoms with Crippen LogP contribution in [0.15, 0.2) is 42.5 Å². The molecular formula is C16H14ClNO. The van der Waals surface area contributed by atoms with Crippen molar-refractivity contribution >= 4 is 28.8 Å². The number of aryl methyl sites for hydroxylation is 1. The van der Waals surface area contributed by atoms with Crippen LogP contribution in [-0.2, 0) is 12.8 Å². The highest BCUT2D eigenvalue weighted by molar-refractivity contribution is 6.30. The van der Waals surface area contributed by atoms with Crippen molar-refractivity contribution in [3.8, 4) is 0 Å². The number of hydrogen-bond donors (Lipinski definition) is 1. The predicted molar refractivity (Wildman–Crippen MR) is 78.6 cm³/mol. The summed E-state index contributed by atoms with van der Waals surface area (Å²) in [4.78, 5) is 11.9. The zero-order valence-corrected chi connectivity index (χ0v) is 11.2. The molecule has 0 unspecified atom stereocenters. The van der Waals surface area contributed by atoms with Crippen LogP contribution in [-0.4, -0.2) is 11.7 Å². The number of fused-ring (bicyclic) bond motifs is 2. The van der Waals surface area contributed by atoms with E-state index in [1.807, 2.05) is 30.3 Å². The lowest BCUT2D eigenvalue weighted by molar-refractivity contribution is 0.102. The molecule has 0 saturated heterocycles. The monoisotopic (exact) mass is 271 g/mol. The van der Waals surface area contributed by atoms with Gasteiger partial charge in [0.25, 0.3) is 0 Å². The number of nitrogens with one attached hydrogen (secondary N) is 1. The Balaban J connectivity index is 2.08. The van der Waals surface area contributed by atoms with Gasteiger partial charge in [-0.2, -0.15) is 0 Å². The first-order valence-corrected chi connectivity index (χ1v) is 6.89. The molecule has 0 atom stereocenters. The van der Waals surface area contributed by atoms with Gasteiger partial charge in [0, 0.05) is 16.9 Å². The second-order valence-corrected chi connectivity index (χ2v) is 4.94. The maximum absolute atomic E-state index is 11.9. The topological polar surface area (TPSA) is 29.1 Å². The maximum Gasteiger partial charge on any atom is 0.177 e. The molecule has 96 valence electrons. The van der Waals surface area contributed by atoms with Gasteiger partial charge >= 0.3 is 0 Å². The van der Waals surface area contributed by atoms with Gasteiger partial charge in [-0.15, -0.1) is 11.6 Å². The van der Waals surface area contributed by atoms with Gasteiger partial charge in [-0.25, -0.2) is 0 Å². The molecule has 0 fully saturated rings. The summed E-state index contributed by atoms with van der Waals surface area (Å²) < 4.78 is 0. The van der Waals surface area contributed by atoms with Crippen LogP contribution in [0.5, 0.6) is 0 Å². The summed E-state index contributed by atoms with van der Waals surface area (Å²) in [7, 11) is 0. The van der Waals surface area contributed by atoms with Crippen LogP contribution in [0.3, 0.4) is 0 Å². The molecule has 2 aromatic rings. The Morgan fingerprint density at radius 1 is 1.05 bits per heavy atom. The molecule has 1 heterocycles. The van der Waals surface area contributed by atoms with Crippen LogP contribution in [0.1, 0.15) is 21.5 Å². The second-order valence-electron chi connectivity index (χ2n) is 4.67. The number of alkyl halides is 1. The predicted octanol–water partition coefficient (Wildman–Crippen LogP) is 3.95. The van der Waals surface area contributed by atoms with Gasteiger partial charge in [-0.1, -0.05) is 30.3 Å². The fourth-order valence-electron chi connectivity index (χ4n) is 2.57. The summed E-state index contributed by atoms with van der Waals surface area (Å²) >= 11 is 5.69. The molecule has 0 spiro atoms. The fraction of sp³-hybridized carbons (Fsp3) is 0.188. The molecule has 0 aromatic heterocycles. The number of ketones is 1. The Bertz CT molecular complexity index is 636. The Morgan fingerprint density at radius 2 is 1.84 bits per heavy atom. The number of rotatable bonds is 2. The molecule has 19 heavy (non-hydrogen) atoms. The van der Waals surface area contributed by atoms with Gasteiger partial charge in [0.2, 0.25) is 0 Å². The zero-order chi connectivity index (χ0) is 13.2. The van der Waals surface area contributed by atoms with E-state index in [1.54, 1.807) is 0 Å². The Morgan fingerprint density at radius 3 is 2.68 bits per heavy atom. The van der Waals surface area contributed by atoms with Gasteiger partial charge in [0.15, 0.2) is 5.78 Å². The Hall–Kier alpha value is -1.80. The molecular weight excluding hydrogens is 258 g/mol. The van der Waals surface area contributed by atoms with Crippen molar-refractivity contribution in [1.82, 2.24) is 0 Å². The van der Waals surface area contributed by atoms with Gasteiger partial charge in [0.05, 0.1) is 5.88 Å². The average molecular weight is 272 g/mol. The third-order valence-electron chi connectivity index (χ3n) is 3.53. The van der Waals surface area contributed by atoms with Crippen LogP contribution in [0.4, 0.5) is 11.4 Å². The highest BCUT2D eigenvalue weighted by Crippen LogP contribution is 2.31. The van der Waals surface area contributed by atoms with Gasteiger partial charge < -0.3 is 5.32 Å². The van der Waals surface area contributed by atoms with Gasteiger partial charge in [-0.05, 0) is 36.1 Å². The number of anilines is 2. The van der Waals surface area contributed by atoms with E-state index in [1.165, 1.54) is 5.56 Å². The maximum atomic E-state index is 11.9. The normalized spacial score (nSPS) is 12.9. The Kier molecular flexibility index (Phi) is 3.26. The fourth-order valence-corrected chi connectivity index (χ4v) is 2.72. The Labute approximate surface area is 117 Å². The minimum Gasteiger partial charge on any atom is -0.355 e. The van der Waals surface area contributed by atoms with E-state index in [-0.39, 0.29) is 11.7 Å². The van der Waals surface area contributed by atoms with E-state index in [9.17, 15) is 4.79 Å². The molecule has 1 aliphatic rings. The van der Waals surface area contributed by atoms with E-state index in [0.29, 0.717) is 0 Å². The number of hydrogen-bond acceptors (Lipinski definition) is 2. The van der Waals surface area contributed by atoms with Crippen molar-refractivity contribution < 1.29 is 4.79 Å². The highest BCUT2D eigenvalue weighted by Gasteiger charge is 2.18. The van der Waals surface area contributed by atoms with Crippen LogP contribution < -0.4 is 5.32 Å². The lowest BCUT2D eigenvalue weighted by atomic mass is 9.97. The van der Waals surface area contributed by atoms with Crippen molar-refractivity contribution in [3.05, 3.63) is 59.2 Å². The molecule has 0 aliphatic carbocycles. The summed E-state index contributed by atoms with van der Waals surface area (Å²) in [5.74, 6) is 0.0231. The summed E-state index contributed by atoms with van der Waals surface area (Å²) in [5, 5.41) is 3.43. The first-order valence-electron chi connectivity index (χ1n) is 6.35. The smallest absolute Gasteiger partial charge is 0.177 e. The molecule has 0 bridgehead atoms. The molecule has 2 nitrogen and oxygen atoms in total. The molecule has 3 rings (SSSR count). The lowest BCUT2D eigenvalue weighted by Gasteiger charge is -2.12. The van der Waals surface area contributed by atoms with Gasteiger partial charge in [0.1, 0.15) is 0 Å². The summed E-state index contributed by atoms with van der Waals surface area (Å²) in [6.07, 6.45) is 1.79. The minimum atomic E-state index is -0.00808. The zero-order valence-electron chi connectivity index (χ0n) is 10.4. The van der Waals surface area contributed by atoms with Crippen LogP contribution in [0, 0.1) is 0 Å². The van der Waals surface area contributed by atoms with Crippen molar-refractivity contribution in [3.63, 3.8) is 0 Å². The van der Waals surface area contributed by atoms with E-state index in [0.717, 1.165) is 35.3 Å². The van der Waals surface area contributed by atoms with Crippen molar-refractivity contribution in [1.29, 1.82) is 0 Å². The van der Waals surface area contributed by atoms with Crippen molar-refractivity contribution in [2.24, 2.45) is 0 Å². The average Bonchev–Trinajstić information content (AvgIpc) is 2.65. The molecule has 2 aromatic carbocycles. The lowest BCUT2D eigenvalue weighted by Crippen LogP contribution is -2.07. The van der Waals surface area contributed by atoms with Crippen LogP contribution in [0.25, 0.3) is 0 Å². The number of Topliss-reactive ketones (excluding diaryl/α,β-unsaturated/α-hetero) is 1. The second kappa shape index (κ2) is 5.06. The largest absolute Gasteiger partial charge is 0.355 e. The molecule has 0 radical (unpaired) electrons.